The third-order valence-corrected chi connectivity index (χ3v) is 3.62. The fourth-order valence-corrected chi connectivity index (χ4v) is 2.41. The number of phenols is 1. The van der Waals surface area contributed by atoms with Crippen LogP contribution in [0.1, 0.15) is 12.5 Å². The van der Waals surface area contributed by atoms with E-state index in [2.05, 4.69) is 4.99 Å². The molecule has 0 unspecified atom stereocenters. The summed E-state index contributed by atoms with van der Waals surface area (Å²) in [6.07, 6.45) is 0. The number of hydrogen-bond acceptors (Lipinski definition) is 4. The number of fused-ring (bicyclic) bond motifs is 1. The highest BCUT2D eigenvalue weighted by atomic mass is 35.5. The van der Waals surface area contributed by atoms with Gasteiger partial charge in [0.2, 0.25) is 5.55 Å². The second kappa shape index (κ2) is 5.91. The molecule has 1 heterocycles. The molecule has 3 rings (SSSR count). The normalized spacial score (nSPS) is 11.8. The predicted molar refractivity (Wildman–Crippen MR) is 91.9 cm³/mol. The maximum atomic E-state index is 9.33. The van der Waals surface area contributed by atoms with Gasteiger partial charge in [-0.25, -0.2) is 4.99 Å². The molecule has 5 heteroatoms. The van der Waals surface area contributed by atoms with E-state index in [1.54, 1.807) is 36.4 Å². The van der Waals surface area contributed by atoms with Gasteiger partial charge in [0.05, 0.1) is 11.3 Å². The monoisotopic (exact) mass is 329 g/mol. The largest absolute Gasteiger partial charge is 0.508 e. The maximum Gasteiger partial charge on any atom is 0.228 e. The minimum Gasteiger partial charge on any atom is -0.508 e. The molecular weight excluding hydrogens is 318 g/mol. The minimum atomic E-state index is 0.190. The molecule has 0 saturated heterocycles. The highest BCUT2D eigenvalue weighted by Gasteiger charge is 2.06. The lowest BCUT2D eigenvalue weighted by Gasteiger charge is -2.04. The lowest BCUT2D eigenvalue weighted by molar-refractivity contribution is 0.475. The molecule has 3 aromatic rings. The fraction of sp³-hybridized carbons (Fsp3) is 0.0588. The van der Waals surface area contributed by atoms with E-state index in [0.29, 0.717) is 26.7 Å². The molecule has 0 aliphatic heterocycles. The lowest BCUT2D eigenvalue weighted by atomic mass is 10.1. The zero-order valence-corrected chi connectivity index (χ0v) is 13.3. The van der Waals surface area contributed by atoms with Gasteiger partial charge in [-0.3, -0.25) is 0 Å². The van der Waals surface area contributed by atoms with Gasteiger partial charge in [-0.2, -0.15) is 0 Å². The molecule has 22 heavy (non-hydrogen) atoms. The first-order chi connectivity index (χ1) is 10.5. The Morgan fingerprint density at radius 3 is 2.55 bits per heavy atom. The fourth-order valence-electron chi connectivity index (χ4n) is 2.08. The van der Waals surface area contributed by atoms with E-state index in [-0.39, 0.29) is 5.75 Å². The highest BCUT2D eigenvalue weighted by Crippen LogP contribution is 2.20. The van der Waals surface area contributed by atoms with Crippen LogP contribution >= 0.6 is 23.8 Å². The van der Waals surface area contributed by atoms with Crippen molar-refractivity contribution in [2.45, 2.75) is 6.92 Å². The van der Waals surface area contributed by atoms with Crippen LogP contribution in [0.3, 0.4) is 0 Å². The van der Waals surface area contributed by atoms with E-state index in [0.717, 1.165) is 10.9 Å². The molecule has 1 N–H and O–H groups in total. The van der Waals surface area contributed by atoms with E-state index in [1.165, 1.54) is 0 Å². The van der Waals surface area contributed by atoms with E-state index in [1.807, 2.05) is 19.1 Å². The van der Waals surface area contributed by atoms with Crippen LogP contribution in [0.4, 0.5) is 5.69 Å². The summed E-state index contributed by atoms with van der Waals surface area (Å²) in [4.78, 5) is 5.16. The number of nitrogens with zero attached hydrogens (tertiary/aromatic N) is 1. The SMILES string of the molecule is CC(=S)c1cc2cc(Cl)ccc2o/c1=N\c1ccc(O)cc1. The standard InChI is InChI=1S/C17H12ClNO2S/c1-10(22)15-9-11-8-12(18)2-7-16(11)21-17(15)19-13-3-5-14(20)6-4-13/h2-9,20H,1H3/b19-17-. The Kier molecular flexibility index (Phi) is 3.96. The smallest absolute Gasteiger partial charge is 0.228 e. The Hall–Kier alpha value is -2.17. The zero-order chi connectivity index (χ0) is 15.7. The van der Waals surface area contributed by atoms with Crippen LogP contribution in [-0.4, -0.2) is 9.97 Å². The van der Waals surface area contributed by atoms with Gasteiger partial charge in [-0.15, -0.1) is 0 Å². The molecule has 3 nitrogen and oxygen atoms in total. The van der Waals surface area contributed by atoms with Crippen molar-refractivity contribution in [3.05, 3.63) is 64.7 Å². The van der Waals surface area contributed by atoms with Crippen molar-refractivity contribution in [3.63, 3.8) is 0 Å². The average Bonchev–Trinajstić information content (AvgIpc) is 2.49. The molecule has 0 atom stereocenters. The Labute approximate surface area is 137 Å². The Balaban J connectivity index is 2.27. The van der Waals surface area contributed by atoms with Crippen LogP contribution in [0.15, 0.2) is 57.9 Å². The number of phenolic OH excluding ortho intramolecular Hbond substituents is 1. The highest BCUT2D eigenvalue weighted by molar-refractivity contribution is 7.80. The molecule has 0 saturated carbocycles. The van der Waals surface area contributed by atoms with Gasteiger partial charge in [-0.05, 0) is 55.5 Å². The molecule has 1 aromatic heterocycles. The predicted octanol–water partition coefficient (Wildman–Crippen LogP) is 4.76. The Morgan fingerprint density at radius 2 is 1.86 bits per heavy atom. The first-order valence-electron chi connectivity index (χ1n) is 6.61. The number of rotatable bonds is 2. The number of benzene rings is 2. The first kappa shape index (κ1) is 14.8. The van der Waals surface area contributed by atoms with Crippen LogP contribution in [0.5, 0.6) is 5.75 Å². The van der Waals surface area contributed by atoms with E-state index < -0.39 is 0 Å². The molecule has 0 spiro atoms. The lowest BCUT2D eigenvalue weighted by Crippen LogP contribution is -2.12. The van der Waals surface area contributed by atoms with E-state index in [9.17, 15) is 5.11 Å². The molecule has 0 aliphatic carbocycles. The third-order valence-electron chi connectivity index (χ3n) is 3.17. The third kappa shape index (κ3) is 3.03. The van der Waals surface area contributed by atoms with Gasteiger partial charge in [-0.1, -0.05) is 23.8 Å². The molecule has 110 valence electrons. The van der Waals surface area contributed by atoms with E-state index in [4.69, 9.17) is 28.2 Å². The number of thiocarbonyl (C=S) groups is 1. The van der Waals surface area contributed by atoms with Crippen LogP contribution in [-0.2, 0) is 0 Å². The number of hydrogen-bond donors (Lipinski definition) is 1. The summed E-state index contributed by atoms with van der Waals surface area (Å²) in [5.41, 5.74) is 2.54. The molecule has 0 fully saturated rings. The van der Waals surface area contributed by atoms with Crippen LogP contribution in [0.25, 0.3) is 11.0 Å². The van der Waals surface area contributed by atoms with Crippen molar-refractivity contribution in [2.75, 3.05) is 0 Å². The molecule has 0 amide bonds. The van der Waals surface area contributed by atoms with Crippen molar-refractivity contribution in [3.8, 4) is 5.75 Å². The molecular formula is C17H12ClNO2S. The zero-order valence-electron chi connectivity index (χ0n) is 11.7. The van der Waals surface area contributed by atoms with Crippen molar-refractivity contribution < 1.29 is 9.52 Å². The molecule has 2 aromatic carbocycles. The van der Waals surface area contributed by atoms with Gasteiger partial charge in [0.25, 0.3) is 0 Å². The second-order valence-electron chi connectivity index (χ2n) is 4.83. The number of aromatic hydroxyl groups is 1. The van der Waals surface area contributed by atoms with Gasteiger partial charge >= 0.3 is 0 Å². The summed E-state index contributed by atoms with van der Waals surface area (Å²) in [6.45, 7) is 1.83. The first-order valence-corrected chi connectivity index (χ1v) is 7.40. The summed E-state index contributed by atoms with van der Waals surface area (Å²) >= 11 is 11.3. The van der Waals surface area contributed by atoms with Crippen molar-refractivity contribution in [1.29, 1.82) is 0 Å². The van der Waals surface area contributed by atoms with Gasteiger partial charge in [0, 0.05) is 15.3 Å². The second-order valence-corrected chi connectivity index (χ2v) is 5.88. The van der Waals surface area contributed by atoms with Crippen molar-refractivity contribution in [2.24, 2.45) is 4.99 Å². The molecule has 0 radical (unpaired) electrons. The topological polar surface area (TPSA) is 45.7 Å². The summed E-state index contributed by atoms with van der Waals surface area (Å²) < 4.78 is 5.87. The van der Waals surface area contributed by atoms with Crippen LogP contribution < -0.4 is 5.55 Å². The summed E-state index contributed by atoms with van der Waals surface area (Å²) in [6, 6.07) is 13.9. The Morgan fingerprint density at radius 1 is 1.14 bits per heavy atom. The van der Waals surface area contributed by atoms with Crippen LogP contribution in [0.2, 0.25) is 5.02 Å². The summed E-state index contributed by atoms with van der Waals surface area (Å²) in [7, 11) is 0. The number of halogens is 1. The maximum absolute atomic E-state index is 9.33. The summed E-state index contributed by atoms with van der Waals surface area (Å²) in [5.74, 6) is 0.190. The van der Waals surface area contributed by atoms with E-state index >= 15 is 0 Å². The van der Waals surface area contributed by atoms with Crippen LogP contribution in [0, 0.1) is 0 Å². The van der Waals surface area contributed by atoms with Crippen molar-refractivity contribution in [1.82, 2.24) is 0 Å². The molecule has 0 bridgehead atoms. The Bertz CT molecular complexity index is 930. The van der Waals surface area contributed by atoms with Crippen molar-refractivity contribution >= 4 is 45.3 Å². The van der Waals surface area contributed by atoms with Gasteiger partial charge in [0.1, 0.15) is 11.3 Å². The quantitative estimate of drug-likeness (QED) is 0.544. The van der Waals surface area contributed by atoms with Gasteiger partial charge < -0.3 is 9.52 Å². The molecule has 0 aliphatic rings. The van der Waals surface area contributed by atoms with Gasteiger partial charge in [0.15, 0.2) is 0 Å². The minimum absolute atomic E-state index is 0.190. The summed E-state index contributed by atoms with van der Waals surface area (Å²) in [5, 5.41) is 10.8. The average molecular weight is 330 g/mol.